The highest BCUT2D eigenvalue weighted by molar-refractivity contribution is 5.59. The first-order chi connectivity index (χ1) is 19.7. The van der Waals surface area contributed by atoms with Crippen molar-refractivity contribution >= 4 is 11.4 Å². The summed E-state index contributed by atoms with van der Waals surface area (Å²) in [5, 5.41) is 18.4. The molecule has 5 nitrogen and oxygen atoms in total. The molecule has 1 heterocycles. The van der Waals surface area contributed by atoms with E-state index in [1.807, 2.05) is 103 Å². The number of aromatic hydroxyl groups is 1. The monoisotopic (exact) mass is 566 g/mol. The Bertz CT molecular complexity index is 1080. The summed E-state index contributed by atoms with van der Waals surface area (Å²) < 4.78 is 5.34. The number of fused-ring (bicyclic) bond motifs is 1. The molecule has 0 fully saturated rings. The number of aryl methyl sites for hydroxylation is 1. The lowest BCUT2D eigenvalue weighted by atomic mass is 10.1. The minimum Gasteiger partial charge on any atom is -0.512 e. The minimum atomic E-state index is 0.374. The van der Waals surface area contributed by atoms with Gasteiger partial charge in [0.25, 0.3) is 0 Å². The SMILES string of the molecule is C/C=C\C1=CC=C(O)CC=C1C.CC.CC.CCC.CCOc1c(C)cccc1N.CN1CCc2cc(O)ccc21. The van der Waals surface area contributed by atoms with Gasteiger partial charge < -0.3 is 25.6 Å². The molecule has 0 saturated carbocycles. The van der Waals surface area contributed by atoms with E-state index in [-0.39, 0.29) is 0 Å². The van der Waals surface area contributed by atoms with E-state index in [1.54, 1.807) is 12.1 Å². The van der Waals surface area contributed by atoms with E-state index < -0.39 is 0 Å². The number of phenolic OH excluding ortho intramolecular Hbond substituents is 1. The van der Waals surface area contributed by atoms with Crippen LogP contribution in [0.3, 0.4) is 0 Å². The van der Waals surface area contributed by atoms with Crippen LogP contribution in [0, 0.1) is 6.92 Å². The summed E-state index contributed by atoms with van der Waals surface area (Å²) in [7, 11) is 2.07. The normalized spacial score (nSPS) is 12.8. The average Bonchev–Trinajstić information content (AvgIpc) is 3.26. The Morgan fingerprint density at radius 2 is 1.61 bits per heavy atom. The van der Waals surface area contributed by atoms with Crippen LogP contribution in [0.5, 0.6) is 11.5 Å². The van der Waals surface area contributed by atoms with Crippen molar-refractivity contribution in [3.8, 4) is 11.5 Å². The quantitative estimate of drug-likeness (QED) is 0.322. The number of aliphatic hydroxyl groups is 1. The van der Waals surface area contributed by atoms with E-state index in [4.69, 9.17) is 15.6 Å². The number of nitrogens with zero attached hydrogens (tertiary/aromatic N) is 1. The lowest BCUT2D eigenvalue weighted by Crippen LogP contribution is -2.12. The second-order valence-electron chi connectivity index (χ2n) is 8.99. The number of aliphatic hydroxyl groups excluding tert-OH is 1. The Morgan fingerprint density at radius 1 is 0.976 bits per heavy atom. The first kappa shape index (κ1) is 39.5. The van der Waals surface area contributed by atoms with Crippen LogP contribution in [0.15, 0.2) is 83.7 Å². The van der Waals surface area contributed by atoms with E-state index in [0.29, 0.717) is 30.2 Å². The lowest BCUT2D eigenvalue weighted by Gasteiger charge is -2.10. The van der Waals surface area contributed by atoms with Crippen molar-refractivity contribution in [2.24, 2.45) is 0 Å². The molecule has 1 aliphatic heterocycles. The van der Waals surface area contributed by atoms with Gasteiger partial charge in [0.05, 0.1) is 18.1 Å². The molecular weight excluding hydrogens is 508 g/mol. The van der Waals surface area contributed by atoms with Crippen LogP contribution in [0.4, 0.5) is 11.4 Å². The number of para-hydroxylation sites is 1. The van der Waals surface area contributed by atoms with E-state index >= 15 is 0 Å². The fourth-order valence-corrected chi connectivity index (χ4v) is 3.70. The van der Waals surface area contributed by atoms with Gasteiger partial charge >= 0.3 is 0 Å². The Labute approximate surface area is 251 Å². The zero-order chi connectivity index (χ0) is 31.8. The van der Waals surface area contributed by atoms with Crippen LogP contribution in [0.2, 0.25) is 0 Å². The largest absolute Gasteiger partial charge is 0.512 e. The molecule has 0 unspecified atom stereocenters. The number of nitrogen functional groups attached to an aromatic ring is 1. The molecule has 2 aliphatic rings. The minimum absolute atomic E-state index is 0.374. The summed E-state index contributed by atoms with van der Waals surface area (Å²) in [4.78, 5) is 2.20. The van der Waals surface area contributed by atoms with Crippen molar-refractivity contribution in [2.75, 3.05) is 30.8 Å². The highest BCUT2D eigenvalue weighted by atomic mass is 16.5. The standard InChI is InChI=1S/C11H14O.C9H11NO.C9H13NO.C3H8.2C2H6/c1-3-4-10-6-8-11(12)7-5-9(10)2;1-10-5-4-7-6-8(11)2-3-9(7)10;1-3-11-9-7(2)5-4-6-8(9)10;1-3-2;2*1-2/h3-6,8,12H,7H2,1-2H3;2-3,6,11H,4-5H2,1H3;4-6H,3,10H2,1-2H3;3H2,1-2H3;2*1-2H3/b4-3-;;;;;. The molecule has 0 atom stereocenters. The number of hydrogen-bond donors (Lipinski definition) is 3. The molecule has 230 valence electrons. The third-order valence-corrected chi connectivity index (χ3v) is 5.60. The van der Waals surface area contributed by atoms with Crippen molar-refractivity contribution in [3.05, 3.63) is 94.8 Å². The van der Waals surface area contributed by atoms with Crippen LogP contribution in [0.1, 0.15) is 86.3 Å². The van der Waals surface area contributed by atoms with Crippen molar-refractivity contribution < 1.29 is 14.9 Å². The molecule has 0 saturated heterocycles. The van der Waals surface area contributed by atoms with Crippen LogP contribution in [-0.2, 0) is 6.42 Å². The van der Waals surface area contributed by atoms with Crippen molar-refractivity contribution in [1.82, 2.24) is 0 Å². The number of allylic oxidation sites excluding steroid dienone is 7. The number of phenols is 1. The molecule has 5 heteroatoms. The van der Waals surface area contributed by atoms with E-state index in [0.717, 1.165) is 24.3 Å². The van der Waals surface area contributed by atoms with Crippen molar-refractivity contribution in [3.63, 3.8) is 0 Å². The predicted molar refractivity (Wildman–Crippen MR) is 182 cm³/mol. The number of nitrogens with two attached hydrogens (primary N) is 1. The van der Waals surface area contributed by atoms with E-state index in [9.17, 15) is 5.11 Å². The average molecular weight is 567 g/mol. The third-order valence-electron chi connectivity index (χ3n) is 5.60. The van der Waals surface area contributed by atoms with Crippen LogP contribution in [-0.4, -0.2) is 30.4 Å². The topological polar surface area (TPSA) is 79.0 Å². The number of likely N-dealkylation sites (N-methyl/N-ethyl adjacent to an activating group) is 1. The summed E-state index contributed by atoms with van der Waals surface area (Å²) in [6, 6.07) is 11.3. The van der Waals surface area contributed by atoms with Gasteiger partial charge in [-0.2, -0.15) is 0 Å². The molecule has 0 radical (unpaired) electrons. The molecule has 0 bridgehead atoms. The Balaban J connectivity index is 0. The molecule has 2 aromatic carbocycles. The summed E-state index contributed by atoms with van der Waals surface area (Å²) in [5.41, 5.74) is 12.4. The van der Waals surface area contributed by atoms with Crippen molar-refractivity contribution in [2.45, 2.75) is 88.5 Å². The summed E-state index contributed by atoms with van der Waals surface area (Å²) >= 11 is 0. The molecule has 4 N–H and O–H groups in total. The fourth-order valence-electron chi connectivity index (χ4n) is 3.70. The van der Waals surface area contributed by atoms with E-state index in [1.165, 1.54) is 28.8 Å². The molecule has 1 aliphatic carbocycles. The zero-order valence-corrected chi connectivity index (χ0v) is 27.7. The van der Waals surface area contributed by atoms with Gasteiger partial charge in [0.1, 0.15) is 11.5 Å². The molecule has 0 spiro atoms. The highest BCUT2D eigenvalue weighted by Gasteiger charge is 2.14. The molecule has 4 rings (SSSR count). The maximum absolute atomic E-state index is 9.24. The number of rotatable bonds is 3. The second-order valence-corrected chi connectivity index (χ2v) is 8.99. The Morgan fingerprint density at radius 3 is 2.17 bits per heavy atom. The molecule has 41 heavy (non-hydrogen) atoms. The third kappa shape index (κ3) is 15.7. The van der Waals surface area contributed by atoms with Gasteiger partial charge in [-0.3, -0.25) is 0 Å². The lowest BCUT2D eigenvalue weighted by molar-refractivity contribution is 0.340. The van der Waals surface area contributed by atoms with E-state index in [2.05, 4.69) is 32.7 Å². The molecule has 0 aromatic heterocycles. The first-order valence-corrected chi connectivity index (χ1v) is 15.1. The zero-order valence-electron chi connectivity index (χ0n) is 27.7. The van der Waals surface area contributed by atoms with Gasteiger partial charge in [-0.1, -0.05) is 84.4 Å². The van der Waals surface area contributed by atoms with Crippen LogP contribution in [0.25, 0.3) is 0 Å². The smallest absolute Gasteiger partial charge is 0.145 e. The summed E-state index contributed by atoms with van der Waals surface area (Å²) in [5.74, 6) is 1.61. The van der Waals surface area contributed by atoms with Crippen LogP contribution < -0.4 is 15.4 Å². The Kier molecular flexibility index (Phi) is 23.4. The summed E-state index contributed by atoms with van der Waals surface area (Å²) in [6.07, 6.45) is 12.7. The number of benzene rings is 2. The van der Waals surface area contributed by atoms with Gasteiger partial charge in [-0.25, -0.2) is 0 Å². The molecule has 2 aromatic rings. The summed E-state index contributed by atoms with van der Waals surface area (Å²) in [6.45, 7) is 22.0. The van der Waals surface area contributed by atoms with Gasteiger partial charge in [-0.15, -0.1) is 0 Å². The maximum Gasteiger partial charge on any atom is 0.145 e. The van der Waals surface area contributed by atoms with Crippen LogP contribution >= 0.6 is 0 Å². The molecule has 0 amide bonds. The number of hydrogen-bond acceptors (Lipinski definition) is 5. The highest BCUT2D eigenvalue weighted by Crippen LogP contribution is 2.29. The second kappa shape index (κ2) is 24.2. The predicted octanol–water partition coefficient (Wildman–Crippen LogP) is 10.1. The first-order valence-electron chi connectivity index (χ1n) is 15.1. The Hall–Kier alpha value is -3.60. The number of ether oxygens (including phenoxy) is 1. The number of anilines is 2. The fraction of sp³-hybridized carbons (Fsp3) is 0.444. The van der Waals surface area contributed by atoms with Gasteiger partial charge in [0, 0.05) is 25.7 Å². The van der Waals surface area contributed by atoms with Gasteiger partial charge in [-0.05, 0) is 86.7 Å². The maximum atomic E-state index is 9.24. The van der Waals surface area contributed by atoms with Gasteiger partial charge in [0.15, 0.2) is 0 Å². The molecular formula is C36H58N2O3. The van der Waals surface area contributed by atoms with Crippen molar-refractivity contribution in [1.29, 1.82) is 0 Å². The van der Waals surface area contributed by atoms with Gasteiger partial charge in [0.2, 0.25) is 0 Å².